The Hall–Kier alpha value is -1.55. The molecule has 1 fully saturated rings. The van der Waals surface area contributed by atoms with E-state index >= 15 is 0 Å². The molecule has 1 aliphatic heterocycles. The molecule has 1 unspecified atom stereocenters. The van der Waals surface area contributed by atoms with E-state index in [1.165, 1.54) is 37.9 Å². The molecule has 1 saturated heterocycles. The molecule has 1 atom stereocenters. The van der Waals surface area contributed by atoms with Gasteiger partial charge in [-0.05, 0) is 37.9 Å². The number of piperidine rings is 1. The van der Waals surface area contributed by atoms with Crippen LogP contribution < -0.4 is 5.73 Å². The number of fused-ring (bicyclic) bond motifs is 1. The SMILES string of the molecule is CCC1CCCCN1Cc1cnc2ccc(N)cn12. The van der Waals surface area contributed by atoms with Crippen LogP contribution in [0.1, 0.15) is 38.3 Å². The molecule has 0 aliphatic carbocycles. The van der Waals surface area contributed by atoms with Crippen LogP contribution in [-0.4, -0.2) is 26.9 Å². The number of hydrogen-bond donors (Lipinski definition) is 1. The van der Waals surface area contributed by atoms with E-state index in [1.54, 1.807) is 0 Å². The van der Waals surface area contributed by atoms with Crippen molar-refractivity contribution >= 4 is 11.3 Å². The maximum atomic E-state index is 5.88. The number of nitrogen functional groups attached to an aromatic ring is 1. The van der Waals surface area contributed by atoms with Crippen molar-refractivity contribution in [2.45, 2.75) is 45.2 Å². The number of imidazole rings is 1. The quantitative estimate of drug-likeness (QED) is 0.920. The third-order valence-electron chi connectivity index (χ3n) is 4.19. The number of pyridine rings is 1. The minimum Gasteiger partial charge on any atom is -0.398 e. The summed E-state index contributed by atoms with van der Waals surface area (Å²) in [6, 6.07) is 4.61. The van der Waals surface area contributed by atoms with E-state index in [0.717, 1.165) is 23.9 Å². The predicted octanol–water partition coefficient (Wildman–Crippen LogP) is 2.68. The van der Waals surface area contributed by atoms with E-state index in [-0.39, 0.29) is 0 Å². The van der Waals surface area contributed by atoms with Crippen LogP contribution in [0.3, 0.4) is 0 Å². The monoisotopic (exact) mass is 258 g/mol. The average molecular weight is 258 g/mol. The molecule has 3 rings (SSSR count). The van der Waals surface area contributed by atoms with Crippen LogP contribution in [0.4, 0.5) is 5.69 Å². The lowest BCUT2D eigenvalue weighted by Crippen LogP contribution is -2.38. The number of hydrogen-bond acceptors (Lipinski definition) is 3. The summed E-state index contributed by atoms with van der Waals surface area (Å²) in [6.07, 6.45) is 9.21. The first-order valence-electron chi connectivity index (χ1n) is 7.23. The second-order valence-electron chi connectivity index (χ2n) is 5.47. The van der Waals surface area contributed by atoms with Gasteiger partial charge in [-0.2, -0.15) is 0 Å². The van der Waals surface area contributed by atoms with Gasteiger partial charge in [-0.3, -0.25) is 4.90 Å². The molecule has 0 aromatic carbocycles. The first-order valence-corrected chi connectivity index (χ1v) is 7.23. The Morgan fingerprint density at radius 2 is 2.26 bits per heavy atom. The highest BCUT2D eigenvalue weighted by molar-refractivity contribution is 5.48. The Bertz CT molecular complexity index is 560. The zero-order chi connectivity index (χ0) is 13.2. The van der Waals surface area contributed by atoms with Crippen LogP contribution in [0.25, 0.3) is 5.65 Å². The van der Waals surface area contributed by atoms with E-state index in [0.29, 0.717) is 0 Å². The molecule has 3 heterocycles. The maximum absolute atomic E-state index is 5.88. The second kappa shape index (κ2) is 5.21. The predicted molar refractivity (Wildman–Crippen MR) is 77.9 cm³/mol. The molecule has 4 nitrogen and oxygen atoms in total. The Kier molecular flexibility index (Phi) is 3.42. The fraction of sp³-hybridized carbons (Fsp3) is 0.533. The van der Waals surface area contributed by atoms with Gasteiger partial charge in [0.15, 0.2) is 0 Å². The normalized spacial score (nSPS) is 21.0. The molecule has 0 bridgehead atoms. The number of anilines is 1. The Morgan fingerprint density at radius 1 is 1.37 bits per heavy atom. The van der Waals surface area contributed by atoms with Crippen molar-refractivity contribution in [1.29, 1.82) is 0 Å². The minimum absolute atomic E-state index is 0.723. The van der Waals surface area contributed by atoms with Crippen LogP contribution >= 0.6 is 0 Å². The lowest BCUT2D eigenvalue weighted by molar-refractivity contribution is 0.134. The topological polar surface area (TPSA) is 46.6 Å². The molecule has 2 N–H and O–H groups in total. The van der Waals surface area contributed by atoms with Crippen molar-refractivity contribution in [3.63, 3.8) is 0 Å². The fourth-order valence-electron chi connectivity index (χ4n) is 3.10. The van der Waals surface area contributed by atoms with E-state index < -0.39 is 0 Å². The van der Waals surface area contributed by atoms with Gasteiger partial charge in [0.05, 0.1) is 11.9 Å². The van der Waals surface area contributed by atoms with E-state index in [2.05, 4.69) is 21.2 Å². The lowest BCUT2D eigenvalue weighted by Gasteiger charge is -2.34. The number of nitrogens with two attached hydrogens (primary N) is 1. The van der Waals surface area contributed by atoms with Crippen molar-refractivity contribution in [3.8, 4) is 0 Å². The second-order valence-corrected chi connectivity index (χ2v) is 5.47. The van der Waals surface area contributed by atoms with Gasteiger partial charge in [0.25, 0.3) is 0 Å². The van der Waals surface area contributed by atoms with Crippen molar-refractivity contribution in [3.05, 3.63) is 30.2 Å². The summed E-state index contributed by atoms with van der Waals surface area (Å²) in [5, 5.41) is 0. The largest absolute Gasteiger partial charge is 0.398 e. The Labute approximate surface area is 114 Å². The van der Waals surface area contributed by atoms with Gasteiger partial charge >= 0.3 is 0 Å². The highest BCUT2D eigenvalue weighted by Crippen LogP contribution is 2.22. The highest BCUT2D eigenvalue weighted by atomic mass is 15.2. The van der Waals surface area contributed by atoms with Crippen molar-refractivity contribution in [2.75, 3.05) is 12.3 Å². The fourth-order valence-corrected chi connectivity index (χ4v) is 3.10. The van der Waals surface area contributed by atoms with E-state index in [9.17, 15) is 0 Å². The lowest BCUT2D eigenvalue weighted by atomic mass is 10.00. The maximum Gasteiger partial charge on any atom is 0.137 e. The van der Waals surface area contributed by atoms with Crippen molar-refractivity contribution in [1.82, 2.24) is 14.3 Å². The van der Waals surface area contributed by atoms with Gasteiger partial charge in [-0.15, -0.1) is 0 Å². The van der Waals surface area contributed by atoms with Crippen molar-refractivity contribution in [2.24, 2.45) is 0 Å². The summed E-state index contributed by atoms with van der Waals surface area (Å²) in [5.41, 5.74) is 8.89. The molecule has 1 aliphatic rings. The van der Waals surface area contributed by atoms with Gasteiger partial charge in [0.2, 0.25) is 0 Å². The Morgan fingerprint density at radius 3 is 3.11 bits per heavy atom. The summed E-state index contributed by atoms with van der Waals surface area (Å²) in [5.74, 6) is 0. The van der Waals surface area contributed by atoms with Crippen molar-refractivity contribution < 1.29 is 0 Å². The molecule has 0 radical (unpaired) electrons. The van der Waals surface area contributed by atoms with Gasteiger partial charge in [0.1, 0.15) is 5.65 Å². The molecular weight excluding hydrogens is 236 g/mol. The average Bonchev–Trinajstić information content (AvgIpc) is 2.82. The number of nitrogens with zero attached hydrogens (tertiary/aromatic N) is 3. The molecule has 4 heteroatoms. The van der Waals surface area contributed by atoms with Gasteiger partial charge in [0, 0.05) is 24.5 Å². The zero-order valence-corrected chi connectivity index (χ0v) is 11.5. The molecule has 0 amide bonds. The first kappa shape index (κ1) is 12.5. The molecule has 102 valence electrons. The highest BCUT2D eigenvalue weighted by Gasteiger charge is 2.21. The van der Waals surface area contributed by atoms with Crippen LogP contribution in [0.5, 0.6) is 0 Å². The summed E-state index contributed by atoms with van der Waals surface area (Å²) in [4.78, 5) is 7.05. The van der Waals surface area contributed by atoms with Gasteiger partial charge in [-0.25, -0.2) is 4.98 Å². The molecule has 2 aromatic heterocycles. The smallest absolute Gasteiger partial charge is 0.137 e. The van der Waals surface area contributed by atoms with Crippen LogP contribution in [0, 0.1) is 0 Å². The third kappa shape index (κ3) is 2.45. The van der Waals surface area contributed by atoms with Crippen LogP contribution in [0.2, 0.25) is 0 Å². The summed E-state index contributed by atoms with van der Waals surface area (Å²) >= 11 is 0. The summed E-state index contributed by atoms with van der Waals surface area (Å²) in [6.45, 7) is 4.46. The zero-order valence-electron chi connectivity index (χ0n) is 11.5. The summed E-state index contributed by atoms with van der Waals surface area (Å²) in [7, 11) is 0. The molecule has 19 heavy (non-hydrogen) atoms. The standard InChI is InChI=1S/C15H22N4/c1-2-13-5-3-4-8-18(13)11-14-9-17-15-7-6-12(16)10-19(14)15/h6-7,9-10,13H,2-5,8,11,16H2,1H3. The van der Waals surface area contributed by atoms with E-state index in [4.69, 9.17) is 5.73 Å². The van der Waals surface area contributed by atoms with E-state index in [1.807, 2.05) is 24.5 Å². The van der Waals surface area contributed by atoms with Gasteiger partial charge in [-0.1, -0.05) is 13.3 Å². The van der Waals surface area contributed by atoms with Crippen LogP contribution in [-0.2, 0) is 6.54 Å². The first-order chi connectivity index (χ1) is 9.28. The molecular formula is C15H22N4. The molecule has 0 spiro atoms. The molecule has 2 aromatic rings. The minimum atomic E-state index is 0.723. The number of aromatic nitrogens is 2. The number of rotatable bonds is 3. The Balaban J connectivity index is 1.86. The van der Waals surface area contributed by atoms with Crippen LogP contribution in [0.15, 0.2) is 24.5 Å². The van der Waals surface area contributed by atoms with Gasteiger partial charge < -0.3 is 10.1 Å². The molecule has 0 saturated carbocycles. The third-order valence-corrected chi connectivity index (χ3v) is 4.19. The number of likely N-dealkylation sites (tertiary alicyclic amines) is 1. The summed E-state index contributed by atoms with van der Waals surface area (Å²) < 4.78 is 2.12.